The van der Waals surface area contributed by atoms with Crippen LogP contribution >= 0.6 is 11.3 Å². The van der Waals surface area contributed by atoms with Crippen molar-refractivity contribution in [3.05, 3.63) is 122 Å². The second-order valence-electron chi connectivity index (χ2n) is 8.04. The smallest absolute Gasteiger partial charge is 0.126 e. The molecular weight excluding hydrogens is 413 g/mol. The molecule has 0 atom stereocenters. The number of pyridine rings is 1. The molecule has 2 heterocycles. The minimum absolute atomic E-state index is 0.116. The molecule has 0 bridgehead atoms. The summed E-state index contributed by atoms with van der Waals surface area (Å²) in [6, 6.07) is 22.0. The Hall–Kier alpha value is -2.78. The van der Waals surface area contributed by atoms with Gasteiger partial charge in [0.15, 0.2) is 0 Å². The van der Waals surface area contributed by atoms with Gasteiger partial charge >= 0.3 is 0 Å². The third-order valence-corrected chi connectivity index (χ3v) is 5.35. The van der Waals surface area contributed by atoms with E-state index in [-0.39, 0.29) is 5.82 Å². The van der Waals surface area contributed by atoms with Crippen molar-refractivity contribution in [2.75, 3.05) is 0 Å². The molecule has 32 heavy (non-hydrogen) atoms. The van der Waals surface area contributed by atoms with Crippen LogP contribution in [0.4, 0.5) is 4.39 Å². The molecule has 0 aliphatic carbocycles. The third-order valence-electron chi connectivity index (χ3n) is 4.43. The quantitative estimate of drug-likeness (QED) is 0.261. The number of benzene rings is 2. The van der Waals surface area contributed by atoms with Crippen molar-refractivity contribution < 1.29 is 4.39 Å². The highest BCUT2D eigenvalue weighted by Crippen LogP contribution is 2.12. The summed E-state index contributed by atoms with van der Waals surface area (Å²) in [6.45, 7) is 16.1. The molecule has 0 radical (unpaired) electrons. The first-order chi connectivity index (χ1) is 15.1. The summed E-state index contributed by atoms with van der Waals surface area (Å²) < 4.78 is 12.6. The van der Waals surface area contributed by atoms with Gasteiger partial charge in [0.2, 0.25) is 0 Å². The van der Waals surface area contributed by atoms with Crippen LogP contribution in [0.5, 0.6) is 0 Å². The number of thiophene rings is 1. The van der Waals surface area contributed by atoms with E-state index >= 15 is 0 Å². The van der Waals surface area contributed by atoms with Crippen molar-refractivity contribution in [3.8, 4) is 0 Å². The highest BCUT2D eigenvalue weighted by atomic mass is 32.1. The Bertz CT molecular complexity index is 1010. The van der Waals surface area contributed by atoms with E-state index in [4.69, 9.17) is 0 Å². The van der Waals surface area contributed by atoms with Crippen LogP contribution in [0.2, 0.25) is 0 Å². The molecule has 2 aromatic carbocycles. The number of hydrogen-bond donors (Lipinski definition) is 0. The Morgan fingerprint density at radius 2 is 1.12 bits per heavy atom. The van der Waals surface area contributed by atoms with Gasteiger partial charge in [0.25, 0.3) is 0 Å². The average Bonchev–Trinajstić information content (AvgIpc) is 3.11. The first-order valence-electron chi connectivity index (χ1n) is 10.7. The molecule has 0 amide bonds. The standard InChI is InChI=1S/C8H9F.C8H10.C7H9N.C6H8S/c1-6-3-4-7(2)8(9)5-6;1-7-4-3-5-8(2)6-7;1-6-3-4-7(2)8-5-6;1-5-3-4-6(2)7-5/h3-5H,1-2H3;3-6H,1-2H3;3-5H,1-2H3;3-4H,1-2H3. The lowest BCUT2D eigenvalue weighted by atomic mass is 10.2. The lowest BCUT2D eigenvalue weighted by Crippen LogP contribution is -1.81. The van der Waals surface area contributed by atoms with Gasteiger partial charge in [0.05, 0.1) is 0 Å². The normalized spacial score (nSPS) is 9.41. The molecule has 0 fully saturated rings. The van der Waals surface area contributed by atoms with E-state index < -0.39 is 0 Å². The zero-order valence-electron chi connectivity index (χ0n) is 20.7. The van der Waals surface area contributed by atoms with Crippen molar-refractivity contribution in [2.45, 2.75) is 55.4 Å². The molecule has 2 aromatic heterocycles. The van der Waals surface area contributed by atoms with E-state index in [1.165, 1.54) is 32.5 Å². The van der Waals surface area contributed by atoms with E-state index in [0.29, 0.717) is 5.56 Å². The van der Waals surface area contributed by atoms with Gasteiger partial charge in [0, 0.05) is 21.6 Å². The molecule has 0 saturated heterocycles. The van der Waals surface area contributed by atoms with Gasteiger partial charge in [-0.15, -0.1) is 11.3 Å². The van der Waals surface area contributed by atoms with Crippen molar-refractivity contribution in [2.24, 2.45) is 0 Å². The maximum atomic E-state index is 12.6. The number of nitrogens with zero attached hydrogens (tertiary/aromatic N) is 1. The molecule has 4 rings (SSSR count). The topological polar surface area (TPSA) is 12.9 Å². The maximum Gasteiger partial charge on any atom is 0.126 e. The minimum atomic E-state index is -0.116. The molecular formula is C29H36FNS. The Balaban J connectivity index is 0.000000214. The molecule has 170 valence electrons. The Morgan fingerprint density at radius 1 is 0.594 bits per heavy atom. The fraction of sp³-hybridized carbons (Fsp3) is 0.276. The molecule has 0 spiro atoms. The summed E-state index contributed by atoms with van der Waals surface area (Å²) in [5.74, 6) is -0.116. The number of aryl methyl sites for hydroxylation is 8. The second-order valence-corrected chi connectivity index (χ2v) is 9.54. The van der Waals surface area contributed by atoms with E-state index in [9.17, 15) is 4.39 Å². The first-order valence-corrected chi connectivity index (χ1v) is 11.6. The molecule has 0 unspecified atom stereocenters. The number of aromatic nitrogens is 1. The van der Waals surface area contributed by atoms with Crippen LogP contribution in [0, 0.1) is 61.2 Å². The predicted octanol–water partition coefficient (Wildman–Crippen LogP) is 8.81. The zero-order chi connectivity index (χ0) is 24.1. The highest BCUT2D eigenvalue weighted by Gasteiger charge is 1.93. The summed E-state index contributed by atoms with van der Waals surface area (Å²) in [7, 11) is 0. The summed E-state index contributed by atoms with van der Waals surface area (Å²) in [5, 5.41) is 0. The Labute approximate surface area is 198 Å². The fourth-order valence-corrected chi connectivity index (χ4v) is 3.38. The summed E-state index contributed by atoms with van der Waals surface area (Å²) in [4.78, 5) is 6.88. The van der Waals surface area contributed by atoms with Crippen LogP contribution in [0.3, 0.4) is 0 Å². The summed E-state index contributed by atoms with van der Waals surface area (Å²) >= 11 is 1.84. The van der Waals surface area contributed by atoms with Gasteiger partial charge in [-0.25, -0.2) is 4.39 Å². The van der Waals surface area contributed by atoms with Gasteiger partial charge in [-0.05, 0) is 96.3 Å². The van der Waals surface area contributed by atoms with Gasteiger partial charge in [-0.3, -0.25) is 4.98 Å². The van der Waals surface area contributed by atoms with Gasteiger partial charge < -0.3 is 0 Å². The lowest BCUT2D eigenvalue weighted by Gasteiger charge is -1.94. The third kappa shape index (κ3) is 12.2. The number of halogens is 1. The van der Waals surface area contributed by atoms with Crippen LogP contribution in [0.25, 0.3) is 0 Å². The van der Waals surface area contributed by atoms with E-state index in [1.54, 1.807) is 13.0 Å². The number of rotatable bonds is 0. The van der Waals surface area contributed by atoms with Crippen LogP contribution in [0.1, 0.15) is 43.3 Å². The van der Waals surface area contributed by atoms with Crippen molar-refractivity contribution >= 4 is 11.3 Å². The van der Waals surface area contributed by atoms with E-state index in [1.807, 2.05) is 50.4 Å². The Kier molecular flexibility index (Phi) is 12.2. The largest absolute Gasteiger partial charge is 0.261 e. The molecule has 0 N–H and O–H groups in total. The molecule has 1 nitrogen and oxygen atoms in total. The molecule has 0 saturated carbocycles. The van der Waals surface area contributed by atoms with Gasteiger partial charge in [0.1, 0.15) is 5.82 Å². The first kappa shape index (κ1) is 27.3. The van der Waals surface area contributed by atoms with E-state index in [2.05, 4.69) is 75.1 Å². The maximum absolute atomic E-state index is 12.6. The van der Waals surface area contributed by atoms with Crippen LogP contribution in [0.15, 0.2) is 72.9 Å². The van der Waals surface area contributed by atoms with Crippen molar-refractivity contribution in [1.29, 1.82) is 0 Å². The van der Waals surface area contributed by atoms with Gasteiger partial charge in [-0.2, -0.15) is 0 Å². The zero-order valence-corrected chi connectivity index (χ0v) is 21.5. The van der Waals surface area contributed by atoms with Crippen LogP contribution in [-0.4, -0.2) is 4.98 Å². The monoisotopic (exact) mass is 449 g/mol. The van der Waals surface area contributed by atoms with E-state index in [0.717, 1.165) is 11.3 Å². The molecule has 0 aliphatic rings. The Morgan fingerprint density at radius 3 is 1.44 bits per heavy atom. The second kappa shape index (κ2) is 14.3. The lowest BCUT2D eigenvalue weighted by molar-refractivity contribution is 0.617. The molecule has 4 aromatic rings. The molecule has 0 aliphatic heterocycles. The predicted molar refractivity (Wildman–Crippen MR) is 139 cm³/mol. The van der Waals surface area contributed by atoms with Gasteiger partial charge in [-0.1, -0.05) is 53.6 Å². The fourth-order valence-electron chi connectivity index (χ4n) is 2.60. The van der Waals surface area contributed by atoms with Crippen LogP contribution < -0.4 is 0 Å². The average molecular weight is 450 g/mol. The highest BCUT2D eigenvalue weighted by molar-refractivity contribution is 7.11. The van der Waals surface area contributed by atoms with Crippen LogP contribution in [-0.2, 0) is 0 Å². The van der Waals surface area contributed by atoms with Crippen molar-refractivity contribution in [1.82, 2.24) is 4.98 Å². The summed E-state index contributed by atoms with van der Waals surface area (Å²) in [5.41, 5.74) is 6.65. The minimum Gasteiger partial charge on any atom is -0.261 e. The number of hydrogen-bond acceptors (Lipinski definition) is 2. The SMILES string of the molecule is Cc1ccc(C)c(F)c1.Cc1ccc(C)nc1.Cc1ccc(C)s1.Cc1cccc(C)c1. The van der Waals surface area contributed by atoms with Crippen molar-refractivity contribution in [3.63, 3.8) is 0 Å². The summed E-state index contributed by atoms with van der Waals surface area (Å²) in [6.07, 6.45) is 1.87. The molecule has 3 heteroatoms.